The van der Waals surface area contributed by atoms with E-state index >= 15 is 0 Å². The number of aryl methyl sites for hydroxylation is 1. The van der Waals surface area contributed by atoms with Crippen LogP contribution in [0.25, 0.3) is 17.0 Å². The molecule has 8 heteroatoms. The van der Waals surface area contributed by atoms with Crippen LogP contribution in [0.15, 0.2) is 83.9 Å². The Hall–Kier alpha value is -4.30. The standard InChI is InChI=1S/C27H20FN3O3S/c1-16-7-11-19(12-8-16)30-22(13-9-17-5-3-2-4-6-17)23(29-27(30)35)25(33)31-21-14-10-18(28)15-20(21)24(32)26(31)34/h2-15,22,32,34H,1H3/b13-9+. The summed E-state index contributed by atoms with van der Waals surface area (Å²) >= 11 is 5.54. The summed E-state index contributed by atoms with van der Waals surface area (Å²) in [6.07, 6.45) is 3.68. The van der Waals surface area contributed by atoms with Crippen molar-refractivity contribution in [2.45, 2.75) is 13.0 Å². The van der Waals surface area contributed by atoms with Gasteiger partial charge in [-0.25, -0.2) is 13.9 Å². The van der Waals surface area contributed by atoms with Crippen LogP contribution in [0.3, 0.4) is 0 Å². The minimum atomic E-state index is -0.691. The van der Waals surface area contributed by atoms with E-state index in [1.807, 2.05) is 73.7 Å². The Morgan fingerprint density at radius 1 is 1.06 bits per heavy atom. The van der Waals surface area contributed by atoms with Gasteiger partial charge in [0.15, 0.2) is 5.75 Å². The molecule has 2 N–H and O–H groups in total. The predicted molar refractivity (Wildman–Crippen MR) is 139 cm³/mol. The van der Waals surface area contributed by atoms with Gasteiger partial charge in [0.25, 0.3) is 5.91 Å². The van der Waals surface area contributed by atoms with Crippen LogP contribution in [0, 0.1) is 12.7 Å². The monoisotopic (exact) mass is 485 g/mol. The van der Waals surface area contributed by atoms with Gasteiger partial charge >= 0.3 is 0 Å². The van der Waals surface area contributed by atoms with Crippen LogP contribution in [0.2, 0.25) is 0 Å². The van der Waals surface area contributed by atoms with Crippen LogP contribution in [-0.2, 0) is 0 Å². The Morgan fingerprint density at radius 2 is 1.77 bits per heavy atom. The molecule has 1 aliphatic rings. The third kappa shape index (κ3) is 3.98. The molecule has 1 atom stereocenters. The molecular formula is C27H20FN3O3S. The first-order valence-corrected chi connectivity index (χ1v) is 11.2. The van der Waals surface area contributed by atoms with Crippen molar-refractivity contribution in [2.75, 3.05) is 4.90 Å². The number of nitrogens with zero attached hydrogens (tertiary/aromatic N) is 3. The number of hydrogen-bond donors (Lipinski definition) is 2. The maximum Gasteiger partial charge on any atom is 0.282 e. The average molecular weight is 486 g/mol. The Morgan fingerprint density at radius 3 is 2.49 bits per heavy atom. The highest BCUT2D eigenvalue weighted by molar-refractivity contribution is 7.80. The van der Waals surface area contributed by atoms with E-state index in [0.717, 1.165) is 33.5 Å². The first-order valence-electron chi connectivity index (χ1n) is 10.8. The quantitative estimate of drug-likeness (QED) is 0.375. The Kier molecular flexibility index (Phi) is 5.66. The number of benzene rings is 3. The molecule has 1 unspecified atom stereocenters. The van der Waals surface area contributed by atoms with Crippen LogP contribution in [0.4, 0.5) is 10.1 Å². The van der Waals surface area contributed by atoms with Crippen LogP contribution in [-0.4, -0.2) is 37.6 Å². The molecule has 0 radical (unpaired) electrons. The predicted octanol–water partition coefficient (Wildman–Crippen LogP) is 5.47. The number of carbonyl (C=O) groups is 1. The second-order valence-corrected chi connectivity index (χ2v) is 8.54. The van der Waals surface area contributed by atoms with Gasteiger partial charge in [-0.15, -0.1) is 0 Å². The summed E-state index contributed by atoms with van der Waals surface area (Å²) < 4.78 is 14.7. The number of thiocarbonyl (C=S) groups is 1. The lowest BCUT2D eigenvalue weighted by atomic mass is 10.1. The van der Waals surface area contributed by atoms with Gasteiger partial charge in [-0.2, -0.15) is 0 Å². The van der Waals surface area contributed by atoms with E-state index in [0.29, 0.717) is 0 Å². The summed E-state index contributed by atoms with van der Waals surface area (Å²) in [5.41, 5.74) is 2.95. The van der Waals surface area contributed by atoms with Gasteiger partial charge < -0.3 is 15.1 Å². The fourth-order valence-electron chi connectivity index (χ4n) is 4.11. The molecule has 6 nitrogen and oxygen atoms in total. The molecule has 0 saturated carbocycles. The Balaban J connectivity index is 1.62. The van der Waals surface area contributed by atoms with E-state index in [2.05, 4.69) is 4.99 Å². The van der Waals surface area contributed by atoms with Crippen molar-refractivity contribution in [2.24, 2.45) is 4.99 Å². The first-order chi connectivity index (χ1) is 16.8. The minimum absolute atomic E-state index is 0.0174. The van der Waals surface area contributed by atoms with Gasteiger partial charge in [0.05, 0.1) is 5.52 Å². The lowest BCUT2D eigenvalue weighted by Crippen LogP contribution is -2.40. The number of anilines is 1. The highest BCUT2D eigenvalue weighted by Gasteiger charge is 2.38. The highest BCUT2D eigenvalue weighted by atomic mass is 32.1. The summed E-state index contributed by atoms with van der Waals surface area (Å²) in [4.78, 5) is 19.9. The zero-order valence-electron chi connectivity index (χ0n) is 18.6. The third-order valence-corrected chi connectivity index (χ3v) is 6.15. The summed E-state index contributed by atoms with van der Waals surface area (Å²) in [6.45, 7) is 1.97. The van der Waals surface area contributed by atoms with E-state index in [-0.39, 0.29) is 21.7 Å². The van der Waals surface area contributed by atoms with E-state index in [1.165, 1.54) is 6.07 Å². The zero-order chi connectivity index (χ0) is 24.7. The molecule has 0 spiro atoms. The summed E-state index contributed by atoms with van der Waals surface area (Å²) in [7, 11) is 0. The molecule has 4 aromatic rings. The molecule has 1 aromatic heterocycles. The minimum Gasteiger partial charge on any atom is -0.503 e. The third-order valence-electron chi connectivity index (χ3n) is 5.86. The summed E-state index contributed by atoms with van der Waals surface area (Å²) in [5.74, 6) is -2.56. The zero-order valence-corrected chi connectivity index (χ0v) is 19.4. The molecule has 174 valence electrons. The second-order valence-electron chi connectivity index (χ2n) is 8.17. The molecule has 0 saturated heterocycles. The molecule has 1 aliphatic heterocycles. The molecule has 5 rings (SSSR count). The number of halogens is 1. The molecule has 35 heavy (non-hydrogen) atoms. The van der Waals surface area contributed by atoms with E-state index in [4.69, 9.17) is 12.2 Å². The topological polar surface area (TPSA) is 78.1 Å². The Labute approximate surface area is 205 Å². The first kappa shape index (κ1) is 22.5. The van der Waals surface area contributed by atoms with E-state index in [1.54, 1.807) is 4.90 Å². The molecule has 0 aliphatic carbocycles. The largest absolute Gasteiger partial charge is 0.503 e. The van der Waals surface area contributed by atoms with Crippen molar-refractivity contribution in [3.63, 3.8) is 0 Å². The molecule has 0 amide bonds. The SMILES string of the molecule is Cc1ccc(N2C(=S)N=C(C(=O)n3c(O)c(O)c4cc(F)ccc43)C2/C=C/c2ccccc2)cc1. The molecule has 3 aromatic carbocycles. The van der Waals surface area contributed by atoms with Gasteiger partial charge in [-0.3, -0.25) is 4.79 Å². The second kappa shape index (κ2) is 8.81. The van der Waals surface area contributed by atoms with Crippen LogP contribution >= 0.6 is 12.2 Å². The molecule has 0 bridgehead atoms. The van der Waals surface area contributed by atoms with Crippen molar-refractivity contribution in [3.8, 4) is 11.6 Å². The normalized spacial score (nSPS) is 15.8. The smallest absolute Gasteiger partial charge is 0.282 e. The van der Waals surface area contributed by atoms with Crippen molar-refractivity contribution in [1.29, 1.82) is 0 Å². The summed E-state index contributed by atoms with van der Waals surface area (Å²) in [5, 5.41) is 21.1. The van der Waals surface area contributed by atoms with E-state index < -0.39 is 29.4 Å². The summed E-state index contributed by atoms with van der Waals surface area (Å²) in [6, 6.07) is 20.1. The van der Waals surface area contributed by atoms with Gasteiger partial charge in [-0.05, 0) is 55.0 Å². The van der Waals surface area contributed by atoms with Gasteiger partial charge in [0.2, 0.25) is 11.0 Å². The van der Waals surface area contributed by atoms with Crippen molar-refractivity contribution >= 4 is 51.6 Å². The highest BCUT2D eigenvalue weighted by Crippen LogP contribution is 2.38. The van der Waals surface area contributed by atoms with Crippen molar-refractivity contribution < 1.29 is 19.4 Å². The Bertz CT molecular complexity index is 1530. The lowest BCUT2D eigenvalue weighted by molar-refractivity contribution is 0.0983. The van der Waals surface area contributed by atoms with Gasteiger partial charge in [0, 0.05) is 11.1 Å². The average Bonchev–Trinajstić information content (AvgIpc) is 3.32. The number of fused-ring (bicyclic) bond motifs is 1. The maximum atomic E-state index is 13.8. The number of aromatic hydroxyl groups is 2. The van der Waals surface area contributed by atoms with Crippen molar-refractivity contribution in [3.05, 3.63) is 95.8 Å². The van der Waals surface area contributed by atoms with Crippen LogP contribution in [0.1, 0.15) is 15.9 Å². The fraction of sp³-hybridized carbons (Fsp3) is 0.0741. The molecule has 0 fully saturated rings. The number of carbonyl (C=O) groups excluding carboxylic acids is 1. The van der Waals surface area contributed by atoms with Gasteiger partial charge in [0.1, 0.15) is 17.6 Å². The molecule has 2 heterocycles. The number of aliphatic imine (C=N–C) groups is 1. The van der Waals surface area contributed by atoms with Gasteiger partial charge in [-0.1, -0.05) is 60.2 Å². The van der Waals surface area contributed by atoms with Crippen LogP contribution < -0.4 is 4.90 Å². The maximum absolute atomic E-state index is 13.8. The molecular weight excluding hydrogens is 465 g/mol. The lowest BCUT2D eigenvalue weighted by Gasteiger charge is -2.24. The number of aromatic nitrogens is 1. The number of rotatable bonds is 4. The fourth-order valence-corrected chi connectivity index (χ4v) is 4.43. The van der Waals surface area contributed by atoms with Crippen LogP contribution in [0.5, 0.6) is 11.6 Å². The van der Waals surface area contributed by atoms with Crippen molar-refractivity contribution in [1.82, 2.24) is 4.57 Å². The number of hydrogen-bond acceptors (Lipinski definition) is 4. The van der Waals surface area contributed by atoms with E-state index in [9.17, 15) is 19.4 Å².